The Morgan fingerprint density at radius 1 is 1.19 bits per heavy atom. The van der Waals surface area contributed by atoms with E-state index in [-0.39, 0.29) is 11.7 Å². The summed E-state index contributed by atoms with van der Waals surface area (Å²) in [6.45, 7) is 3.08. The quantitative estimate of drug-likeness (QED) is 0.918. The summed E-state index contributed by atoms with van der Waals surface area (Å²) in [6, 6.07) is 14.5. The van der Waals surface area contributed by atoms with Crippen LogP contribution in [0.1, 0.15) is 22.8 Å². The fourth-order valence-corrected chi connectivity index (χ4v) is 2.14. The average Bonchev–Trinajstić information content (AvgIpc) is 2.53. The fraction of sp³-hybridized carbons (Fsp3) is 0.235. The highest BCUT2D eigenvalue weighted by Crippen LogP contribution is 2.26. The molecule has 0 aliphatic rings. The number of methoxy groups -OCH3 is 1. The first-order chi connectivity index (χ1) is 10.2. The Hall–Kier alpha value is -2.49. The molecule has 0 unspecified atom stereocenters. The number of ether oxygens (including phenoxy) is 1. The molecule has 1 N–H and O–H groups in total. The lowest BCUT2D eigenvalue weighted by atomic mass is 10.1. The van der Waals surface area contributed by atoms with Gasteiger partial charge in [0.05, 0.1) is 7.11 Å². The van der Waals surface area contributed by atoms with Gasteiger partial charge in [0.1, 0.15) is 0 Å². The second-order valence-corrected chi connectivity index (χ2v) is 4.69. The van der Waals surface area contributed by atoms with Crippen LogP contribution in [0.25, 0.3) is 0 Å². The van der Waals surface area contributed by atoms with Crippen molar-refractivity contribution in [3.63, 3.8) is 0 Å². The van der Waals surface area contributed by atoms with Crippen molar-refractivity contribution in [1.29, 1.82) is 0 Å². The SMILES string of the molecule is CCN(Cc1ccccc1)C(=O)c1ccc(OC)c(O)c1. The highest BCUT2D eigenvalue weighted by molar-refractivity contribution is 5.94. The molecular weight excluding hydrogens is 266 g/mol. The highest BCUT2D eigenvalue weighted by atomic mass is 16.5. The Kier molecular flexibility index (Phi) is 4.82. The van der Waals surface area contributed by atoms with Crippen LogP contribution in [0, 0.1) is 0 Å². The minimum atomic E-state index is -0.112. The van der Waals surface area contributed by atoms with Crippen LogP contribution in [-0.4, -0.2) is 29.6 Å². The van der Waals surface area contributed by atoms with Crippen molar-refractivity contribution in [2.45, 2.75) is 13.5 Å². The molecule has 0 radical (unpaired) electrons. The van der Waals surface area contributed by atoms with Gasteiger partial charge < -0.3 is 14.7 Å². The van der Waals surface area contributed by atoms with Gasteiger partial charge in [-0.05, 0) is 30.7 Å². The molecule has 4 heteroatoms. The molecule has 0 saturated carbocycles. The first-order valence-corrected chi connectivity index (χ1v) is 6.86. The molecule has 0 fully saturated rings. The zero-order valence-corrected chi connectivity index (χ0v) is 12.2. The van der Waals surface area contributed by atoms with Gasteiger partial charge in [0.15, 0.2) is 11.5 Å². The molecule has 0 bridgehead atoms. The molecule has 110 valence electrons. The molecule has 4 nitrogen and oxygen atoms in total. The van der Waals surface area contributed by atoms with Gasteiger partial charge >= 0.3 is 0 Å². The summed E-state index contributed by atoms with van der Waals surface area (Å²) in [5.74, 6) is 0.219. The Labute approximate surface area is 124 Å². The van der Waals surface area contributed by atoms with Crippen LogP contribution in [-0.2, 0) is 6.54 Å². The maximum atomic E-state index is 12.5. The first-order valence-electron chi connectivity index (χ1n) is 6.86. The third-order valence-electron chi connectivity index (χ3n) is 3.31. The van der Waals surface area contributed by atoms with Crippen LogP contribution in [0.15, 0.2) is 48.5 Å². The minimum Gasteiger partial charge on any atom is -0.504 e. The summed E-state index contributed by atoms with van der Waals surface area (Å²) < 4.78 is 4.99. The molecule has 21 heavy (non-hydrogen) atoms. The normalized spacial score (nSPS) is 10.2. The summed E-state index contributed by atoms with van der Waals surface area (Å²) >= 11 is 0. The number of hydrogen-bond donors (Lipinski definition) is 1. The number of phenols is 1. The van der Waals surface area contributed by atoms with E-state index >= 15 is 0 Å². The van der Waals surface area contributed by atoms with E-state index in [1.165, 1.54) is 13.2 Å². The minimum absolute atomic E-state index is 0.0286. The molecule has 0 aromatic heterocycles. The van der Waals surface area contributed by atoms with Gasteiger partial charge in [0, 0.05) is 18.7 Å². The van der Waals surface area contributed by atoms with Crippen LogP contribution in [0.2, 0.25) is 0 Å². The number of carbonyl (C=O) groups is 1. The molecule has 0 heterocycles. The molecule has 1 amide bonds. The second-order valence-electron chi connectivity index (χ2n) is 4.69. The lowest BCUT2D eigenvalue weighted by Gasteiger charge is -2.21. The molecule has 2 aromatic rings. The lowest BCUT2D eigenvalue weighted by molar-refractivity contribution is 0.0752. The number of phenolic OH excluding ortho intramolecular Hbond substituents is 1. The van der Waals surface area contributed by atoms with E-state index in [1.807, 2.05) is 37.3 Å². The van der Waals surface area contributed by atoms with E-state index in [1.54, 1.807) is 17.0 Å². The third-order valence-corrected chi connectivity index (χ3v) is 3.31. The van der Waals surface area contributed by atoms with Crippen molar-refractivity contribution in [1.82, 2.24) is 4.90 Å². The number of benzene rings is 2. The largest absolute Gasteiger partial charge is 0.504 e. The van der Waals surface area contributed by atoms with Crippen molar-refractivity contribution in [2.24, 2.45) is 0 Å². The smallest absolute Gasteiger partial charge is 0.254 e. The van der Waals surface area contributed by atoms with Gasteiger partial charge in [-0.15, -0.1) is 0 Å². The van der Waals surface area contributed by atoms with Crippen molar-refractivity contribution >= 4 is 5.91 Å². The lowest BCUT2D eigenvalue weighted by Crippen LogP contribution is -2.30. The Balaban J connectivity index is 2.18. The number of nitrogens with zero attached hydrogens (tertiary/aromatic N) is 1. The Morgan fingerprint density at radius 2 is 1.90 bits per heavy atom. The maximum absolute atomic E-state index is 12.5. The van der Waals surface area contributed by atoms with E-state index in [4.69, 9.17) is 4.74 Å². The maximum Gasteiger partial charge on any atom is 0.254 e. The molecule has 2 aromatic carbocycles. The molecule has 0 atom stereocenters. The number of amides is 1. The summed E-state index contributed by atoms with van der Waals surface area (Å²) in [4.78, 5) is 14.2. The van der Waals surface area contributed by atoms with Crippen LogP contribution >= 0.6 is 0 Å². The highest BCUT2D eigenvalue weighted by Gasteiger charge is 2.16. The Morgan fingerprint density at radius 3 is 2.48 bits per heavy atom. The number of carbonyl (C=O) groups excluding carboxylic acids is 1. The summed E-state index contributed by atoms with van der Waals surface area (Å²) in [5.41, 5.74) is 1.52. The van der Waals surface area contributed by atoms with Gasteiger partial charge in [-0.3, -0.25) is 4.79 Å². The van der Waals surface area contributed by atoms with Crippen LogP contribution < -0.4 is 4.74 Å². The van der Waals surface area contributed by atoms with Gasteiger partial charge in [-0.25, -0.2) is 0 Å². The third kappa shape index (κ3) is 3.54. The van der Waals surface area contributed by atoms with E-state index in [0.717, 1.165) is 5.56 Å². The molecule has 2 rings (SSSR count). The monoisotopic (exact) mass is 285 g/mol. The topological polar surface area (TPSA) is 49.8 Å². The number of hydrogen-bond acceptors (Lipinski definition) is 3. The van der Waals surface area contributed by atoms with Crippen LogP contribution in [0.3, 0.4) is 0 Å². The zero-order valence-electron chi connectivity index (χ0n) is 12.2. The van der Waals surface area contributed by atoms with E-state index in [0.29, 0.717) is 24.4 Å². The van der Waals surface area contributed by atoms with Gasteiger partial charge in [-0.1, -0.05) is 30.3 Å². The van der Waals surface area contributed by atoms with E-state index < -0.39 is 0 Å². The molecule has 0 aliphatic carbocycles. The summed E-state index contributed by atoms with van der Waals surface area (Å²) in [5, 5.41) is 9.79. The number of aromatic hydroxyl groups is 1. The fourth-order valence-electron chi connectivity index (χ4n) is 2.14. The zero-order chi connectivity index (χ0) is 15.2. The van der Waals surface area contributed by atoms with E-state index in [2.05, 4.69) is 0 Å². The number of rotatable bonds is 5. The molecular formula is C17H19NO3. The van der Waals surface area contributed by atoms with Crippen molar-refractivity contribution < 1.29 is 14.6 Å². The van der Waals surface area contributed by atoms with Crippen molar-refractivity contribution in [3.8, 4) is 11.5 Å². The summed E-state index contributed by atoms with van der Waals surface area (Å²) in [7, 11) is 1.48. The van der Waals surface area contributed by atoms with Gasteiger partial charge in [0.2, 0.25) is 0 Å². The second kappa shape index (κ2) is 6.79. The summed E-state index contributed by atoms with van der Waals surface area (Å²) in [6.07, 6.45) is 0. The Bertz CT molecular complexity index is 611. The molecule has 0 saturated heterocycles. The molecule has 0 aliphatic heterocycles. The van der Waals surface area contributed by atoms with Crippen LogP contribution in [0.4, 0.5) is 0 Å². The standard InChI is InChI=1S/C17H19NO3/c1-3-18(12-13-7-5-4-6-8-13)17(20)14-9-10-16(21-2)15(19)11-14/h4-11,19H,3,12H2,1-2H3. The van der Waals surface area contributed by atoms with Crippen molar-refractivity contribution in [3.05, 3.63) is 59.7 Å². The van der Waals surface area contributed by atoms with Crippen molar-refractivity contribution in [2.75, 3.05) is 13.7 Å². The van der Waals surface area contributed by atoms with E-state index in [9.17, 15) is 9.90 Å². The van der Waals surface area contributed by atoms with Gasteiger partial charge in [-0.2, -0.15) is 0 Å². The predicted molar refractivity (Wildman–Crippen MR) is 81.5 cm³/mol. The average molecular weight is 285 g/mol. The predicted octanol–water partition coefficient (Wildman–Crippen LogP) is 3.06. The molecule has 0 spiro atoms. The van der Waals surface area contributed by atoms with Crippen LogP contribution in [0.5, 0.6) is 11.5 Å². The van der Waals surface area contributed by atoms with Gasteiger partial charge in [0.25, 0.3) is 5.91 Å². The first kappa shape index (κ1) is 14.9.